The van der Waals surface area contributed by atoms with Gasteiger partial charge in [-0.1, -0.05) is 42.5 Å². The van der Waals surface area contributed by atoms with Gasteiger partial charge in [0.05, 0.1) is 6.26 Å². The number of nitrogens with zero attached hydrogens (tertiary/aromatic N) is 2. The molecule has 4 nitrogen and oxygen atoms in total. The predicted molar refractivity (Wildman–Crippen MR) is 110 cm³/mol. The minimum atomic E-state index is 0.442. The average Bonchev–Trinajstić information content (AvgIpc) is 3.20. The van der Waals surface area contributed by atoms with Gasteiger partial charge in [-0.05, 0) is 41.3 Å². The Kier molecular flexibility index (Phi) is 4.26. The van der Waals surface area contributed by atoms with E-state index in [1.54, 1.807) is 6.26 Å². The Morgan fingerprint density at radius 3 is 2.74 bits per heavy atom. The highest BCUT2D eigenvalue weighted by Crippen LogP contribution is 2.25. The molecule has 3 heterocycles. The van der Waals surface area contributed by atoms with Crippen molar-refractivity contribution in [3.8, 4) is 0 Å². The highest BCUT2D eigenvalue weighted by Gasteiger charge is 2.21. The normalized spacial score (nSPS) is 16.1. The van der Waals surface area contributed by atoms with Gasteiger partial charge in [-0.3, -0.25) is 4.90 Å². The van der Waals surface area contributed by atoms with Crippen molar-refractivity contribution in [1.82, 2.24) is 9.88 Å². The maximum Gasteiger partial charge on any atom is 0.176 e. The quantitative estimate of drug-likeness (QED) is 0.554. The number of hydrogen-bond donors (Lipinski definition) is 1. The zero-order valence-electron chi connectivity index (χ0n) is 15.3. The van der Waals surface area contributed by atoms with E-state index in [1.807, 2.05) is 18.3 Å². The van der Waals surface area contributed by atoms with Crippen LogP contribution in [0.2, 0.25) is 0 Å². The van der Waals surface area contributed by atoms with Crippen LogP contribution in [0.3, 0.4) is 0 Å². The molecule has 2 aromatic heterocycles. The Bertz CT molecular complexity index is 1060. The smallest absolute Gasteiger partial charge is 0.176 e. The van der Waals surface area contributed by atoms with E-state index in [9.17, 15) is 0 Å². The van der Waals surface area contributed by atoms with Crippen LogP contribution in [0, 0.1) is 0 Å². The minimum absolute atomic E-state index is 0.442. The molecule has 2 aromatic carbocycles. The summed E-state index contributed by atoms with van der Waals surface area (Å²) in [5, 5.41) is 7.38. The van der Waals surface area contributed by atoms with Crippen molar-refractivity contribution in [3.63, 3.8) is 0 Å². The number of likely N-dealkylation sites (tertiary alicyclic amines) is 1. The van der Waals surface area contributed by atoms with E-state index >= 15 is 0 Å². The van der Waals surface area contributed by atoms with Crippen LogP contribution in [0.1, 0.15) is 18.4 Å². The van der Waals surface area contributed by atoms with Gasteiger partial charge in [-0.25, -0.2) is 4.98 Å². The molecule has 1 saturated heterocycles. The zero-order chi connectivity index (χ0) is 18.1. The Morgan fingerprint density at radius 1 is 0.963 bits per heavy atom. The number of rotatable bonds is 4. The third-order valence-corrected chi connectivity index (χ3v) is 5.57. The van der Waals surface area contributed by atoms with E-state index in [2.05, 4.69) is 57.7 Å². The van der Waals surface area contributed by atoms with Gasteiger partial charge in [-0.15, -0.1) is 0 Å². The molecular weight excluding hydrogens is 334 g/mol. The number of nitrogens with one attached hydrogen (secondary N) is 1. The van der Waals surface area contributed by atoms with Gasteiger partial charge in [-0.2, -0.15) is 0 Å². The molecule has 4 heteroatoms. The molecule has 0 spiro atoms. The van der Waals surface area contributed by atoms with Crippen LogP contribution in [0.5, 0.6) is 0 Å². The van der Waals surface area contributed by atoms with Crippen LogP contribution in [0.25, 0.3) is 21.7 Å². The monoisotopic (exact) mass is 357 g/mol. The van der Waals surface area contributed by atoms with Crippen molar-refractivity contribution in [2.75, 3.05) is 18.4 Å². The second-order valence-corrected chi connectivity index (χ2v) is 7.33. The summed E-state index contributed by atoms with van der Waals surface area (Å²) in [6.45, 7) is 3.20. The van der Waals surface area contributed by atoms with Gasteiger partial charge in [0, 0.05) is 37.3 Å². The Labute approximate surface area is 158 Å². The van der Waals surface area contributed by atoms with Crippen LogP contribution in [0.15, 0.2) is 71.5 Å². The molecule has 0 radical (unpaired) electrons. The number of hydrogen-bond acceptors (Lipinski definition) is 4. The maximum atomic E-state index is 5.60. The van der Waals surface area contributed by atoms with Crippen LogP contribution in [0.4, 0.5) is 5.82 Å². The Hall–Kier alpha value is -2.85. The molecule has 27 heavy (non-hydrogen) atoms. The summed E-state index contributed by atoms with van der Waals surface area (Å²) in [6, 6.07) is 19.7. The van der Waals surface area contributed by atoms with Crippen LogP contribution >= 0.6 is 0 Å². The van der Waals surface area contributed by atoms with Crippen LogP contribution in [-0.4, -0.2) is 29.0 Å². The van der Waals surface area contributed by atoms with Gasteiger partial charge in [0.25, 0.3) is 0 Å². The van der Waals surface area contributed by atoms with Crippen molar-refractivity contribution in [2.45, 2.75) is 25.4 Å². The third kappa shape index (κ3) is 3.28. The second-order valence-electron chi connectivity index (χ2n) is 7.33. The first-order chi connectivity index (χ1) is 13.4. The molecule has 4 aromatic rings. The lowest BCUT2D eigenvalue weighted by atomic mass is 10.0. The number of piperidine rings is 1. The second kappa shape index (κ2) is 7.05. The molecule has 0 unspecified atom stereocenters. The molecule has 0 amide bonds. The summed E-state index contributed by atoms with van der Waals surface area (Å²) in [5.74, 6) is 0.866. The van der Waals surface area contributed by atoms with Gasteiger partial charge in [0.1, 0.15) is 0 Å². The van der Waals surface area contributed by atoms with Crippen LogP contribution in [-0.2, 0) is 6.54 Å². The van der Waals surface area contributed by atoms with Gasteiger partial charge >= 0.3 is 0 Å². The van der Waals surface area contributed by atoms with E-state index in [-0.39, 0.29) is 0 Å². The summed E-state index contributed by atoms with van der Waals surface area (Å²) in [7, 11) is 0. The first-order valence-electron chi connectivity index (χ1n) is 9.64. The first kappa shape index (κ1) is 16.3. The lowest BCUT2D eigenvalue weighted by Gasteiger charge is -2.32. The van der Waals surface area contributed by atoms with E-state index in [0.717, 1.165) is 49.3 Å². The standard InChI is InChI=1S/C23H23N3O/c1-2-7-21-17(4-1)5-3-6-19(21)16-26-13-9-20(10-14-26)25-23-22-18(8-12-24-23)11-15-27-22/h1-8,11-12,15,20H,9-10,13-14,16H2,(H,24,25). The molecular formula is C23H23N3O. The largest absolute Gasteiger partial charge is 0.460 e. The van der Waals surface area contributed by atoms with E-state index in [0.29, 0.717) is 6.04 Å². The molecule has 0 bridgehead atoms. The van der Waals surface area contributed by atoms with Crippen molar-refractivity contribution in [1.29, 1.82) is 0 Å². The van der Waals surface area contributed by atoms with Crippen molar-refractivity contribution < 1.29 is 4.42 Å². The summed E-state index contributed by atoms with van der Waals surface area (Å²) in [6.07, 6.45) is 5.80. The summed E-state index contributed by atoms with van der Waals surface area (Å²) in [5.41, 5.74) is 2.28. The Morgan fingerprint density at radius 2 is 1.81 bits per heavy atom. The summed E-state index contributed by atoms with van der Waals surface area (Å²) < 4.78 is 5.60. The third-order valence-electron chi connectivity index (χ3n) is 5.57. The molecule has 1 fully saturated rings. The van der Waals surface area contributed by atoms with E-state index in [4.69, 9.17) is 4.42 Å². The number of aromatic nitrogens is 1. The average molecular weight is 357 g/mol. The molecule has 0 aliphatic carbocycles. The van der Waals surface area contributed by atoms with E-state index < -0.39 is 0 Å². The lowest BCUT2D eigenvalue weighted by molar-refractivity contribution is 0.212. The predicted octanol–water partition coefficient (Wildman–Crippen LogP) is 5.06. The molecule has 1 aliphatic rings. The van der Waals surface area contributed by atoms with Gasteiger partial charge in [0.2, 0.25) is 0 Å². The van der Waals surface area contributed by atoms with Crippen molar-refractivity contribution in [2.24, 2.45) is 0 Å². The van der Waals surface area contributed by atoms with Gasteiger partial charge in [0.15, 0.2) is 11.4 Å². The van der Waals surface area contributed by atoms with Gasteiger partial charge < -0.3 is 9.73 Å². The number of fused-ring (bicyclic) bond motifs is 2. The Balaban J connectivity index is 1.24. The highest BCUT2D eigenvalue weighted by atomic mass is 16.3. The fourth-order valence-electron chi connectivity index (χ4n) is 4.10. The minimum Gasteiger partial charge on any atom is -0.460 e. The number of anilines is 1. The molecule has 0 atom stereocenters. The van der Waals surface area contributed by atoms with Crippen molar-refractivity contribution >= 4 is 27.6 Å². The topological polar surface area (TPSA) is 41.3 Å². The van der Waals surface area contributed by atoms with E-state index in [1.165, 1.54) is 16.3 Å². The number of furan rings is 1. The lowest BCUT2D eigenvalue weighted by Crippen LogP contribution is -2.38. The van der Waals surface area contributed by atoms with Crippen molar-refractivity contribution in [3.05, 3.63) is 72.6 Å². The summed E-state index contributed by atoms with van der Waals surface area (Å²) in [4.78, 5) is 7.03. The molecule has 136 valence electrons. The molecule has 1 N–H and O–H groups in total. The highest BCUT2D eigenvalue weighted by molar-refractivity contribution is 5.86. The summed E-state index contributed by atoms with van der Waals surface area (Å²) >= 11 is 0. The van der Waals surface area contributed by atoms with Crippen LogP contribution < -0.4 is 5.32 Å². The maximum absolute atomic E-state index is 5.60. The first-order valence-corrected chi connectivity index (χ1v) is 9.64. The fourth-order valence-corrected chi connectivity index (χ4v) is 4.10. The number of pyridine rings is 1. The number of benzene rings is 2. The molecule has 0 saturated carbocycles. The fraction of sp³-hybridized carbons (Fsp3) is 0.261. The zero-order valence-corrected chi connectivity index (χ0v) is 15.3. The molecule has 1 aliphatic heterocycles. The SMILES string of the molecule is c1ccc2c(CN3CCC(Nc4nccc5ccoc45)CC3)cccc2c1. The molecule has 5 rings (SSSR count).